The second-order valence-electron chi connectivity index (χ2n) is 2.87. The first-order chi connectivity index (χ1) is 7.44. The van der Waals surface area contributed by atoms with Crippen LogP contribution in [0.3, 0.4) is 0 Å². The van der Waals surface area contributed by atoms with Gasteiger partial charge in [-0.15, -0.1) is 18.9 Å². The van der Waals surface area contributed by atoms with E-state index in [1.807, 2.05) is 0 Å². The quantitative estimate of drug-likeness (QED) is 0.293. The molecule has 0 saturated heterocycles. The largest absolute Gasteiger partial charge is 0.468 e. The van der Waals surface area contributed by atoms with Crippen LogP contribution in [-0.4, -0.2) is 26.2 Å². The van der Waals surface area contributed by atoms with Gasteiger partial charge in [-0.05, 0) is 6.42 Å². The third kappa shape index (κ3) is 2.59. The molecule has 15 heavy (non-hydrogen) atoms. The molecule has 4 nitrogen and oxygen atoms in total. The van der Waals surface area contributed by atoms with Crippen LogP contribution < -0.4 is 0 Å². The number of methoxy groups -OCH3 is 2. The topological polar surface area (TPSA) is 52.6 Å². The van der Waals surface area contributed by atoms with Gasteiger partial charge in [0.2, 0.25) is 0 Å². The molecule has 0 aliphatic carbocycles. The van der Waals surface area contributed by atoms with E-state index in [1.54, 1.807) is 0 Å². The lowest BCUT2D eigenvalue weighted by molar-refractivity contribution is -0.168. The first-order valence-corrected chi connectivity index (χ1v) is 4.19. The van der Waals surface area contributed by atoms with Crippen molar-refractivity contribution in [3.05, 3.63) is 12.6 Å². The van der Waals surface area contributed by atoms with Gasteiger partial charge in [0.05, 0.1) is 15.6 Å². The Bertz CT molecular complexity index is 324. The molecule has 0 radical (unpaired) electrons. The average molecular weight is 211 g/mol. The molecular weight excluding hydrogens is 196 g/mol. The van der Waals surface area contributed by atoms with Gasteiger partial charge in [-0.2, -0.15) is 0 Å². The number of allylic oxidation sites excluding steroid dienone is 1. The zero-order valence-corrected chi connectivity index (χ0v) is 8.83. The highest BCUT2D eigenvalue weighted by Gasteiger charge is 2.46. The Morgan fingerprint density at radius 2 is 2.00 bits per heavy atom. The van der Waals surface area contributed by atoms with Crippen molar-refractivity contribution in [2.75, 3.05) is 14.2 Å². The molecule has 0 saturated carbocycles. The molecule has 0 aliphatic heterocycles. The average Bonchev–Trinajstić information content (AvgIpc) is 2.25. The molecule has 0 bridgehead atoms. The lowest BCUT2D eigenvalue weighted by Crippen LogP contribution is -2.40. The summed E-state index contributed by atoms with van der Waals surface area (Å²) >= 11 is 0. The minimum Gasteiger partial charge on any atom is -0.468 e. The molecule has 0 unspecified atom stereocenters. The van der Waals surface area contributed by atoms with Crippen molar-refractivity contribution in [2.45, 2.75) is 12.8 Å². The van der Waals surface area contributed by atoms with E-state index in [0.29, 0.717) is 0 Å². The Balaban J connectivity index is 5.39. The normalized spacial score (nSPS) is 10.9. The summed E-state index contributed by atoms with van der Waals surface area (Å²) in [6, 6.07) is -0.0916. The van der Waals surface area contributed by atoms with Gasteiger partial charge in [-0.1, -0.05) is 6.05 Å². The van der Waals surface area contributed by atoms with Crippen LogP contribution in [0.1, 0.15) is 14.2 Å². The van der Waals surface area contributed by atoms with Crippen LogP contribution in [0, 0.1) is 17.8 Å². The van der Waals surface area contributed by atoms with Crippen LogP contribution in [0.2, 0.25) is 0 Å². The number of esters is 2. The minimum atomic E-state index is -1.66. The van der Waals surface area contributed by atoms with Crippen LogP contribution in [0.15, 0.2) is 12.6 Å². The fourth-order valence-electron chi connectivity index (χ4n) is 1.21. The van der Waals surface area contributed by atoms with Gasteiger partial charge in [0.15, 0.2) is 5.41 Å². The molecule has 0 rings (SSSR count). The van der Waals surface area contributed by atoms with Crippen molar-refractivity contribution >= 4 is 11.9 Å². The van der Waals surface area contributed by atoms with Crippen molar-refractivity contribution in [1.29, 1.82) is 0 Å². The Kier molecular flexibility index (Phi) is 4.42. The Morgan fingerprint density at radius 1 is 1.53 bits per heavy atom. The van der Waals surface area contributed by atoms with Crippen LogP contribution in [0.5, 0.6) is 0 Å². The molecule has 0 atom stereocenters. The van der Waals surface area contributed by atoms with Gasteiger partial charge in [0.1, 0.15) is 0 Å². The molecular formula is C11H14O4. The summed E-state index contributed by atoms with van der Waals surface area (Å²) in [6.07, 6.45) is 4.72. The van der Waals surface area contributed by atoms with Crippen LogP contribution in [0.4, 0.5) is 0 Å². The molecule has 0 amide bonds. The fourth-order valence-corrected chi connectivity index (χ4v) is 1.21. The van der Waals surface area contributed by atoms with Gasteiger partial charge >= 0.3 is 11.9 Å². The maximum absolute atomic E-state index is 11.6. The lowest BCUT2D eigenvalue weighted by Gasteiger charge is -2.24. The Hall–Kier alpha value is -1.76. The molecule has 0 fully saturated rings. The maximum Gasteiger partial charge on any atom is 0.324 e. The van der Waals surface area contributed by atoms with E-state index in [4.69, 9.17) is 7.79 Å². The molecule has 0 aromatic rings. The highest BCUT2D eigenvalue weighted by molar-refractivity contribution is 6.00. The second kappa shape index (κ2) is 5.86. The number of ether oxygens (including phenoxy) is 2. The van der Waals surface area contributed by atoms with Crippen LogP contribution >= 0.6 is 0 Å². The maximum atomic E-state index is 11.6. The number of carbonyl (C=O) groups is 2. The summed E-state index contributed by atoms with van der Waals surface area (Å²) in [4.78, 5) is 23.2. The predicted octanol–water partition coefficient (Wildman–Crippen LogP) is 0.918. The number of terminal acetylenes is 1. The number of rotatable bonds is 5. The minimum absolute atomic E-state index is 0.0916. The fraction of sp³-hybridized carbons (Fsp3) is 0.455. The smallest absolute Gasteiger partial charge is 0.324 e. The van der Waals surface area contributed by atoms with Crippen molar-refractivity contribution in [3.63, 3.8) is 0 Å². The summed E-state index contributed by atoms with van der Waals surface area (Å²) in [7, 11) is 2.28. The molecule has 0 heterocycles. The van der Waals surface area contributed by atoms with Crippen molar-refractivity contribution in [1.82, 2.24) is 0 Å². The van der Waals surface area contributed by atoms with Gasteiger partial charge < -0.3 is 9.47 Å². The van der Waals surface area contributed by atoms with E-state index in [-0.39, 0.29) is 18.9 Å². The summed E-state index contributed by atoms with van der Waals surface area (Å²) < 4.78 is 16.3. The predicted molar refractivity (Wildman–Crippen MR) is 54.7 cm³/mol. The standard InChI is InChI=1S/C11H14O4/c1-5-7-11(8-6-2,9(12)14-3)10(13)15-4/h1,6H,2,7-8H2,3-4H3/i6D. The van der Waals surface area contributed by atoms with Crippen LogP contribution in [-0.2, 0) is 19.1 Å². The number of carbonyl (C=O) groups excluding carboxylic acids is 2. The van der Waals surface area contributed by atoms with E-state index < -0.39 is 17.4 Å². The summed E-state index contributed by atoms with van der Waals surface area (Å²) in [6.45, 7) is 3.34. The Morgan fingerprint density at radius 3 is 2.27 bits per heavy atom. The molecule has 82 valence electrons. The number of hydrogen-bond donors (Lipinski definition) is 0. The SMILES string of the molecule is [2H]C(=C)CC(CC#C)(C(=O)OC)C(=O)OC. The van der Waals surface area contributed by atoms with Crippen molar-refractivity contribution < 1.29 is 20.4 Å². The highest BCUT2D eigenvalue weighted by Crippen LogP contribution is 2.30. The van der Waals surface area contributed by atoms with Crippen LogP contribution in [0.25, 0.3) is 0 Å². The van der Waals surface area contributed by atoms with Crippen molar-refractivity contribution in [2.24, 2.45) is 5.41 Å². The van der Waals surface area contributed by atoms with Gasteiger partial charge in [-0.3, -0.25) is 9.59 Å². The molecule has 0 spiro atoms. The van der Waals surface area contributed by atoms with Gasteiger partial charge in [-0.25, -0.2) is 0 Å². The van der Waals surface area contributed by atoms with Gasteiger partial charge in [0, 0.05) is 6.42 Å². The van der Waals surface area contributed by atoms with Gasteiger partial charge in [0.25, 0.3) is 0 Å². The van der Waals surface area contributed by atoms with E-state index >= 15 is 0 Å². The van der Waals surface area contributed by atoms with E-state index in [0.717, 1.165) is 14.2 Å². The molecule has 0 N–H and O–H groups in total. The zero-order valence-electron chi connectivity index (χ0n) is 9.83. The monoisotopic (exact) mass is 211 g/mol. The summed E-state index contributed by atoms with van der Waals surface area (Å²) in [5.74, 6) is 0.590. The van der Waals surface area contributed by atoms with E-state index in [1.165, 1.54) is 0 Å². The molecule has 0 aromatic heterocycles. The molecule has 0 aromatic carbocycles. The molecule has 0 aliphatic rings. The first-order valence-electron chi connectivity index (χ1n) is 4.69. The first kappa shape index (κ1) is 11.3. The highest BCUT2D eigenvalue weighted by atomic mass is 16.5. The van der Waals surface area contributed by atoms with Crippen molar-refractivity contribution in [3.8, 4) is 12.3 Å². The molecule has 4 heteroatoms. The third-order valence-corrected chi connectivity index (χ3v) is 1.98. The lowest BCUT2D eigenvalue weighted by atomic mass is 9.81. The zero-order chi connectivity index (χ0) is 12.8. The Labute approximate surface area is 90.7 Å². The van der Waals surface area contributed by atoms with E-state index in [2.05, 4.69) is 22.0 Å². The summed E-state index contributed by atoms with van der Waals surface area (Å²) in [5, 5.41) is 0. The van der Waals surface area contributed by atoms with E-state index in [9.17, 15) is 9.59 Å². The number of hydrogen-bond acceptors (Lipinski definition) is 4. The summed E-state index contributed by atoms with van der Waals surface area (Å²) in [5.41, 5.74) is -1.66. The third-order valence-electron chi connectivity index (χ3n) is 1.98. The second-order valence-corrected chi connectivity index (χ2v) is 2.87.